The number of hydrogen-bond acceptors (Lipinski definition) is 4. The van der Waals surface area contributed by atoms with Crippen LogP contribution in [0.3, 0.4) is 0 Å². The highest BCUT2D eigenvalue weighted by Gasteiger charge is 2.43. The maximum Gasteiger partial charge on any atom is 0.410 e. The molecule has 1 amide bonds. The first-order chi connectivity index (χ1) is 12.1. The molecule has 2 heterocycles. The number of imidazole rings is 1. The van der Waals surface area contributed by atoms with E-state index in [1.165, 1.54) is 0 Å². The molecule has 0 aliphatic carbocycles. The van der Waals surface area contributed by atoms with E-state index in [-0.39, 0.29) is 29.9 Å². The Balaban J connectivity index is 2.04. The average Bonchev–Trinajstić information content (AvgIpc) is 3.18. The highest BCUT2D eigenvalue weighted by atomic mass is 28.4. The standard InChI is InChI=1S/C19H33N3O3Si/c1-7-12-24-18(23)22-14-17(25-26(5,6)19(2,3)4)13-16(22)8-10-21-11-9-20-15-21/h7,9,11,15-17H,1,8,10,12-14H2,2-6H3/t16-,17-/m1/s1. The van der Waals surface area contributed by atoms with E-state index in [9.17, 15) is 4.79 Å². The number of rotatable bonds is 7. The SMILES string of the molecule is C=CCOC(=O)N1C[C@H](O[Si](C)(C)C(C)(C)C)C[C@H]1CCn1ccnc1. The van der Waals surface area contributed by atoms with Crippen LogP contribution in [-0.4, -0.2) is 54.2 Å². The minimum absolute atomic E-state index is 0.0694. The van der Waals surface area contributed by atoms with Gasteiger partial charge in [0.2, 0.25) is 0 Å². The van der Waals surface area contributed by atoms with Crippen molar-refractivity contribution in [3.8, 4) is 0 Å². The van der Waals surface area contributed by atoms with Crippen LogP contribution >= 0.6 is 0 Å². The molecule has 1 fully saturated rings. The molecule has 1 aliphatic heterocycles. The Labute approximate surface area is 158 Å². The number of carbonyl (C=O) groups is 1. The number of aromatic nitrogens is 2. The third kappa shape index (κ3) is 5.20. The number of ether oxygens (including phenoxy) is 1. The summed E-state index contributed by atoms with van der Waals surface area (Å²) in [5.74, 6) is 0. The largest absolute Gasteiger partial charge is 0.445 e. The fraction of sp³-hybridized carbons (Fsp3) is 0.684. The van der Waals surface area contributed by atoms with Crippen molar-refractivity contribution in [2.45, 2.75) is 70.4 Å². The van der Waals surface area contributed by atoms with Gasteiger partial charge >= 0.3 is 6.09 Å². The molecule has 7 heteroatoms. The molecule has 1 aliphatic rings. The van der Waals surface area contributed by atoms with Gasteiger partial charge in [0.1, 0.15) is 6.61 Å². The second-order valence-corrected chi connectivity index (χ2v) is 13.3. The summed E-state index contributed by atoms with van der Waals surface area (Å²) < 4.78 is 13.9. The molecule has 0 saturated carbocycles. The molecule has 2 rings (SSSR count). The Hall–Kier alpha value is -1.60. The third-order valence-electron chi connectivity index (χ3n) is 5.48. The Kier molecular flexibility index (Phi) is 6.68. The van der Waals surface area contributed by atoms with Crippen molar-refractivity contribution in [2.24, 2.45) is 0 Å². The lowest BCUT2D eigenvalue weighted by Crippen LogP contribution is -2.44. The van der Waals surface area contributed by atoms with Crippen molar-refractivity contribution in [3.63, 3.8) is 0 Å². The molecule has 0 unspecified atom stereocenters. The predicted octanol–water partition coefficient (Wildman–Crippen LogP) is 4.06. The summed E-state index contributed by atoms with van der Waals surface area (Å²) in [6.45, 7) is 16.5. The van der Waals surface area contributed by atoms with E-state index in [1.54, 1.807) is 18.6 Å². The van der Waals surface area contributed by atoms with Gasteiger partial charge in [-0.1, -0.05) is 33.4 Å². The Morgan fingerprint density at radius 3 is 2.73 bits per heavy atom. The Morgan fingerprint density at radius 2 is 2.15 bits per heavy atom. The van der Waals surface area contributed by atoms with Crippen LogP contribution in [0.1, 0.15) is 33.6 Å². The lowest BCUT2D eigenvalue weighted by molar-refractivity contribution is 0.101. The second kappa shape index (κ2) is 8.39. The van der Waals surface area contributed by atoms with E-state index in [0.29, 0.717) is 6.54 Å². The summed E-state index contributed by atoms with van der Waals surface area (Å²) in [6.07, 6.45) is 8.62. The van der Waals surface area contributed by atoms with Gasteiger partial charge in [-0.15, -0.1) is 0 Å². The molecule has 6 nitrogen and oxygen atoms in total. The zero-order valence-corrected chi connectivity index (χ0v) is 17.8. The highest BCUT2D eigenvalue weighted by Crippen LogP contribution is 2.39. The van der Waals surface area contributed by atoms with E-state index in [2.05, 4.69) is 45.4 Å². The third-order valence-corrected chi connectivity index (χ3v) is 10.0. The number of aryl methyl sites for hydroxylation is 1. The van der Waals surface area contributed by atoms with E-state index in [4.69, 9.17) is 9.16 Å². The molecule has 1 saturated heterocycles. The number of amides is 1. The average molecular weight is 380 g/mol. The molecule has 0 radical (unpaired) electrons. The van der Waals surface area contributed by atoms with E-state index in [0.717, 1.165) is 19.4 Å². The Morgan fingerprint density at radius 1 is 1.42 bits per heavy atom. The van der Waals surface area contributed by atoms with Crippen LogP contribution in [0, 0.1) is 0 Å². The topological polar surface area (TPSA) is 56.6 Å². The number of likely N-dealkylation sites (tertiary alicyclic amines) is 1. The minimum atomic E-state index is -1.88. The van der Waals surface area contributed by atoms with Gasteiger partial charge in [-0.3, -0.25) is 0 Å². The fourth-order valence-corrected chi connectivity index (χ4v) is 4.34. The summed E-state index contributed by atoms with van der Waals surface area (Å²) >= 11 is 0. The van der Waals surface area contributed by atoms with E-state index in [1.807, 2.05) is 15.7 Å². The van der Waals surface area contributed by atoms with Crippen LogP contribution in [-0.2, 0) is 15.7 Å². The van der Waals surface area contributed by atoms with E-state index >= 15 is 0 Å². The van der Waals surface area contributed by atoms with Crippen molar-refractivity contribution in [2.75, 3.05) is 13.2 Å². The van der Waals surface area contributed by atoms with Gasteiger partial charge in [0.25, 0.3) is 0 Å². The van der Waals surface area contributed by atoms with Crippen LogP contribution in [0.25, 0.3) is 0 Å². The maximum atomic E-state index is 12.5. The van der Waals surface area contributed by atoms with Gasteiger partial charge < -0.3 is 18.6 Å². The molecule has 146 valence electrons. The zero-order chi connectivity index (χ0) is 19.4. The Bertz CT molecular complexity index is 596. The van der Waals surface area contributed by atoms with Gasteiger partial charge in [-0.05, 0) is 31.0 Å². The summed E-state index contributed by atoms with van der Waals surface area (Å²) in [5, 5.41) is 0.149. The van der Waals surface area contributed by atoms with Crippen molar-refractivity contribution < 1.29 is 14.0 Å². The first kappa shape index (κ1) is 20.7. The van der Waals surface area contributed by atoms with Crippen LogP contribution in [0.2, 0.25) is 18.1 Å². The molecular formula is C19H33N3O3Si. The second-order valence-electron chi connectivity index (χ2n) is 8.50. The smallest absolute Gasteiger partial charge is 0.410 e. The van der Waals surface area contributed by atoms with Gasteiger partial charge in [0.05, 0.1) is 12.4 Å². The predicted molar refractivity (Wildman–Crippen MR) is 106 cm³/mol. The zero-order valence-electron chi connectivity index (χ0n) is 16.8. The van der Waals surface area contributed by atoms with Gasteiger partial charge in [0, 0.05) is 31.5 Å². The lowest BCUT2D eigenvalue weighted by Gasteiger charge is -2.38. The molecule has 0 N–H and O–H groups in total. The van der Waals surface area contributed by atoms with Gasteiger partial charge in [-0.2, -0.15) is 0 Å². The summed E-state index contributed by atoms with van der Waals surface area (Å²) in [7, 11) is -1.88. The number of carbonyl (C=O) groups excluding carboxylic acids is 1. The van der Waals surface area contributed by atoms with Crippen LogP contribution in [0.4, 0.5) is 4.79 Å². The maximum absolute atomic E-state index is 12.5. The van der Waals surface area contributed by atoms with Crippen molar-refractivity contribution >= 4 is 14.4 Å². The molecular weight excluding hydrogens is 346 g/mol. The van der Waals surface area contributed by atoms with Crippen LogP contribution in [0.15, 0.2) is 31.4 Å². The molecule has 1 aromatic heterocycles. The quantitative estimate of drug-likeness (QED) is 0.529. The first-order valence-electron chi connectivity index (χ1n) is 9.32. The molecule has 1 aromatic rings. The van der Waals surface area contributed by atoms with Gasteiger partial charge in [0.15, 0.2) is 8.32 Å². The molecule has 0 aromatic carbocycles. The normalized spacial score (nSPS) is 21.0. The van der Waals surface area contributed by atoms with Crippen LogP contribution in [0.5, 0.6) is 0 Å². The van der Waals surface area contributed by atoms with E-state index < -0.39 is 8.32 Å². The molecule has 0 spiro atoms. The van der Waals surface area contributed by atoms with Crippen molar-refractivity contribution in [1.82, 2.24) is 14.5 Å². The number of nitrogens with zero attached hydrogens (tertiary/aromatic N) is 3. The van der Waals surface area contributed by atoms with Gasteiger partial charge in [-0.25, -0.2) is 9.78 Å². The summed E-state index contributed by atoms with van der Waals surface area (Å²) in [5.41, 5.74) is 0. The van der Waals surface area contributed by atoms with Crippen molar-refractivity contribution in [3.05, 3.63) is 31.4 Å². The molecule has 26 heavy (non-hydrogen) atoms. The first-order valence-corrected chi connectivity index (χ1v) is 12.2. The lowest BCUT2D eigenvalue weighted by atomic mass is 10.1. The van der Waals surface area contributed by atoms with Crippen molar-refractivity contribution in [1.29, 1.82) is 0 Å². The molecule has 0 bridgehead atoms. The fourth-order valence-electron chi connectivity index (χ4n) is 2.98. The number of hydrogen-bond donors (Lipinski definition) is 0. The highest BCUT2D eigenvalue weighted by molar-refractivity contribution is 6.74. The summed E-state index contributed by atoms with van der Waals surface area (Å²) in [6, 6.07) is 0.115. The summed E-state index contributed by atoms with van der Waals surface area (Å²) in [4.78, 5) is 18.4. The van der Waals surface area contributed by atoms with Crippen LogP contribution < -0.4 is 0 Å². The minimum Gasteiger partial charge on any atom is -0.445 e. The molecule has 2 atom stereocenters. The monoisotopic (exact) mass is 379 g/mol.